The van der Waals surface area contributed by atoms with Crippen LogP contribution >= 0.6 is 15.9 Å². The lowest BCUT2D eigenvalue weighted by molar-refractivity contribution is 0.183. The van der Waals surface area contributed by atoms with Gasteiger partial charge in [0.25, 0.3) is 0 Å². The number of methoxy groups -OCH3 is 1. The van der Waals surface area contributed by atoms with Crippen LogP contribution in [0.15, 0.2) is 22.7 Å². The second-order valence-electron chi connectivity index (χ2n) is 3.90. The average Bonchev–Trinajstić information content (AvgIpc) is 2.77. The molecule has 2 aromatic rings. The summed E-state index contributed by atoms with van der Waals surface area (Å²) < 4.78 is 20.8. The first-order chi connectivity index (χ1) is 9.15. The van der Waals surface area contributed by atoms with Crippen molar-refractivity contribution in [1.82, 2.24) is 14.8 Å². The number of nitrogens with zero attached hydrogens (tertiary/aromatic N) is 3. The quantitative estimate of drug-likeness (QED) is 0.911. The molecule has 0 fully saturated rings. The van der Waals surface area contributed by atoms with Gasteiger partial charge in [0.05, 0.1) is 6.61 Å². The van der Waals surface area contributed by atoms with E-state index in [0.29, 0.717) is 34.8 Å². The number of aliphatic hydroxyl groups excluding tert-OH is 1. The molecule has 2 rings (SSSR count). The van der Waals surface area contributed by atoms with E-state index in [2.05, 4.69) is 26.1 Å². The molecular formula is C12H13BrFN3O2. The van der Waals surface area contributed by atoms with Gasteiger partial charge in [0.15, 0.2) is 11.6 Å². The molecule has 0 unspecified atom stereocenters. The molecular weight excluding hydrogens is 317 g/mol. The molecule has 0 radical (unpaired) electrons. The van der Waals surface area contributed by atoms with Gasteiger partial charge in [-0.3, -0.25) is 0 Å². The zero-order valence-electron chi connectivity index (χ0n) is 10.3. The molecule has 0 atom stereocenters. The van der Waals surface area contributed by atoms with Gasteiger partial charge in [0.2, 0.25) is 0 Å². The number of hydrogen-bond acceptors (Lipinski definition) is 4. The molecule has 1 heterocycles. The Labute approximate surface area is 118 Å². The Morgan fingerprint density at radius 1 is 1.37 bits per heavy atom. The molecule has 7 heteroatoms. The molecule has 0 aliphatic heterocycles. The molecule has 1 aromatic carbocycles. The molecule has 0 bridgehead atoms. The number of benzene rings is 1. The minimum Gasteiger partial charge on any atom is -0.388 e. The zero-order valence-corrected chi connectivity index (χ0v) is 11.9. The van der Waals surface area contributed by atoms with Crippen molar-refractivity contribution >= 4 is 15.9 Å². The highest BCUT2D eigenvalue weighted by Gasteiger charge is 2.14. The highest BCUT2D eigenvalue weighted by molar-refractivity contribution is 9.10. The van der Waals surface area contributed by atoms with Crippen molar-refractivity contribution in [2.75, 3.05) is 13.7 Å². The number of ether oxygens (including phenoxy) is 1. The van der Waals surface area contributed by atoms with Crippen molar-refractivity contribution in [3.8, 4) is 11.4 Å². The fourth-order valence-corrected chi connectivity index (χ4v) is 2.23. The standard InChI is InChI=1S/C12H13BrFN3O2/c1-19-3-2-17-11(7-18)15-16-12(17)8-4-9(13)6-10(14)5-8/h4-6,18H,2-3,7H2,1H3. The molecule has 0 amide bonds. The van der Waals surface area contributed by atoms with Crippen LogP contribution in [0.4, 0.5) is 4.39 Å². The highest BCUT2D eigenvalue weighted by atomic mass is 79.9. The van der Waals surface area contributed by atoms with E-state index < -0.39 is 0 Å². The van der Waals surface area contributed by atoms with Gasteiger partial charge < -0.3 is 14.4 Å². The third kappa shape index (κ3) is 3.17. The Morgan fingerprint density at radius 2 is 2.16 bits per heavy atom. The third-order valence-corrected chi connectivity index (χ3v) is 3.07. The first kappa shape index (κ1) is 14.1. The lowest BCUT2D eigenvalue weighted by Crippen LogP contribution is -2.10. The summed E-state index contributed by atoms with van der Waals surface area (Å²) in [6.07, 6.45) is 0. The van der Waals surface area contributed by atoms with Gasteiger partial charge >= 0.3 is 0 Å². The third-order valence-electron chi connectivity index (χ3n) is 2.61. The fourth-order valence-electron chi connectivity index (χ4n) is 1.77. The number of aromatic nitrogens is 3. The summed E-state index contributed by atoms with van der Waals surface area (Å²) in [6, 6.07) is 4.49. The maximum Gasteiger partial charge on any atom is 0.164 e. The fraction of sp³-hybridized carbons (Fsp3) is 0.333. The molecule has 0 spiro atoms. The first-order valence-corrected chi connectivity index (χ1v) is 6.43. The van der Waals surface area contributed by atoms with E-state index in [9.17, 15) is 9.50 Å². The van der Waals surface area contributed by atoms with Crippen molar-refractivity contribution in [3.05, 3.63) is 34.3 Å². The van der Waals surface area contributed by atoms with Crippen LogP contribution < -0.4 is 0 Å². The summed E-state index contributed by atoms with van der Waals surface area (Å²) in [5, 5.41) is 17.1. The summed E-state index contributed by atoms with van der Waals surface area (Å²) in [7, 11) is 1.58. The van der Waals surface area contributed by atoms with Crippen LogP contribution in [0.5, 0.6) is 0 Å². The van der Waals surface area contributed by atoms with Gasteiger partial charge in [-0.2, -0.15) is 0 Å². The molecule has 102 valence electrons. The van der Waals surface area contributed by atoms with Crippen molar-refractivity contribution in [1.29, 1.82) is 0 Å². The first-order valence-electron chi connectivity index (χ1n) is 5.64. The minimum absolute atomic E-state index is 0.229. The van der Waals surface area contributed by atoms with Gasteiger partial charge in [0.1, 0.15) is 12.4 Å². The largest absolute Gasteiger partial charge is 0.388 e. The van der Waals surface area contributed by atoms with E-state index in [4.69, 9.17) is 4.74 Å². The van der Waals surface area contributed by atoms with E-state index in [1.54, 1.807) is 17.7 Å². The van der Waals surface area contributed by atoms with E-state index in [-0.39, 0.29) is 12.4 Å². The summed E-state index contributed by atoms with van der Waals surface area (Å²) in [6.45, 7) is 0.713. The van der Waals surface area contributed by atoms with E-state index in [1.165, 1.54) is 12.1 Å². The number of hydrogen-bond donors (Lipinski definition) is 1. The van der Waals surface area contributed by atoms with Crippen molar-refractivity contribution in [2.45, 2.75) is 13.2 Å². The molecule has 0 aliphatic rings. The van der Waals surface area contributed by atoms with Gasteiger partial charge in [0, 0.05) is 23.7 Å². The highest BCUT2D eigenvalue weighted by Crippen LogP contribution is 2.24. The Bertz CT molecular complexity index is 554. The molecule has 19 heavy (non-hydrogen) atoms. The van der Waals surface area contributed by atoms with Crippen LogP contribution in [-0.2, 0) is 17.9 Å². The van der Waals surface area contributed by atoms with E-state index in [0.717, 1.165) is 0 Å². The monoisotopic (exact) mass is 329 g/mol. The van der Waals surface area contributed by atoms with E-state index in [1.807, 2.05) is 0 Å². The summed E-state index contributed by atoms with van der Waals surface area (Å²) in [4.78, 5) is 0. The topological polar surface area (TPSA) is 60.2 Å². The van der Waals surface area contributed by atoms with Gasteiger partial charge in [-0.1, -0.05) is 15.9 Å². The SMILES string of the molecule is COCCn1c(CO)nnc1-c1cc(F)cc(Br)c1. The minimum atomic E-state index is -0.365. The van der Waals surface area contributed by atoms with E-state index >= 15 is 0 Å². The van der Waals surface area contributed by atoms with Crippen LogP contribution in [0.3, 0.4) is 0 Å². The normalized spacial score (nSPS) is 10.9. The lowest BCUT2D eigenvalue weighted by atomic mass is 10.2. The predicted octanol–water partition coefficient (Wildman–Crippen LogP) is 1.99. The van der Waals surface area contributed by atoms with Crippen molar-refractivity contribution < 1.29 is 14.2 Å². The van der Waals surface area contributed by atoms with Crippen LogP contribution in [0.25, 0.3) is 11.4 Å². The number of halogens is 2. The van der Waals surface area contributed by atoms with Crippen LogP contribution in [0, 0.1) is 5.82 Å². The smallest absolute Gasteiger partial charge is 0.164 e. The Balaban J connectivity index is 2.45. The summed E-state index contributed by atoms with van der Waals surface area (Å²) in [5.41, 5.74) is 0.593. The molecule has 5 nitrogen and oxygen atoms in total. The van der Waals surface area contributed by atoms with Crippen molar-refractivity contribution in [3.63, 3.8) is 0 Å². The Hall–Kier alpha value is -1.31. The predicted molar refractivity (Wildman–Crippen MR) is 70.9 cm³/mol. The molecule has 1 N–H and O–H groups in total. The van der Waals surface area contributed by atoms with Gasteiger partial charge in [-0.25, -0.2) is 4.39 Å². The van der Waals surface area contributed by atoms with Crippen molar-refractivity contribution in [2.24, 2.45) is 0 Å². The molecule has 0 saturated heterocycles. The van der Waals surface area contributed by atoms with Crippen LogP contribution in [0.2, 0.25) is 0 Å². The molecule has 1 aromatic heterocycles. The van der Waals surface area contributed by atoms with Crippen LogP contribution in [-0.4, -0.2) is 33.6 Å². The second-order valence-corrected chi connectivity index (χ2v) is 4.82. The Morgan fingerprint density at radius 3 is 2.79 bits per heavy atom. The van der Waals surface area contributed by atoms with Gasteiger partial charge in [-0.05, 0) is 18.2 Å². The summed E-state index contributed by atoms with van der Waals surface area (Å²) >= 11 is 3.24. The second kappa shape index (κ2) is 6.23. The summed E-state index contributed by atoms with van der Waals surface area (Å²) in [5.74, 6) is 0.560. The average molecular weight is 330 g/mol. The molecule has 0 aliphatic carbocycles. The maximum atomic E-state index is 13.4. The molecule has 0 saturated carbocycles. The number of rotatable bonds is 5. The zero-order chi connectivity index (χ0) is 13.8. The lowest BCUT2D eigenvalue weighted by Gasteiger charge is -2.09. The Kier molecular flexibility index (Phi) is 4.62. The van der Waals surface area contributed by atoms with Crippen LogP contribution in [0.1, 0.15) is 5.82 Å². The van der Waals surface area contributed by atoms with Gasteiger partial charge in [-0.15, -0.1) is 10.2 Å². The number of aliphatic hydroxyl groups is 1. The maximum absolute atomic E-state index is 13.4.